The number of likely N-dealkylation sites (N-methyl/N-ethyl adjacent to an activating group) is 1. The van der Waals surface area contributed by atoms with Gasteiger partial charge >= 0.3 is 0 Å². The quantitative estimate of drug-likeness (QED) is 0.814. The van der Waals surface area contributed by atoms with E-state index in [2.05, 4.69) is 24.1 Å². The third kappa shape index (κ3) is 3.69. The molecule has 1 aliphatic heterocycles. The van der Waals surface area contributed by atoms with E-state index in [1.54, 1.807) is 18.2 Å². The molecule has 0 aromatic heterocycles. The van der Waals surface area contributed by atoms with Gasteiger partial charge in [0.15, 0.2) is 0 Å². The van der Waals surface area contributed by atoms with Crippen molar-refractivity contribution in [3.63, 3.8) is 0 Å². The molecule has 0 unspecified atom stereocenters. The summed E-state index contributed by atoms with van der Waals surface area (Å²) >= 11 is 12.1. The first-order valence-electron chi connectivity index (χ1n) is 7.55. The van der Waals surface area contributed by atoms with Crippen molar-refractivity contribution in [2.45, 2.75) is 6.04 Å². The summed E-state index contributed by atoms with van der Waals surface area (Å²) in [5.41, 5.74) is 1.67. The summed E-state index contributed by atoms with van der Waals surface area (Å²) in [5.74, 6) is -0.0312. The maximum Gasteiger partial charge on any atom is 0.254 e. The van der Waals surface area contributed by atoms with Crippen LogP contribution in [0.25, 0.3) is 0 Å². The van der Waals surface area contributed by atoms with E-state index < -0.39 is 0 Å². The summed E-state index contributed by atoms with van der Waals surface area (Å²) in [5, 5.41) is 0.956. The highest BCUT2D eigenvalue weighted by Gasteiger charge is 2.30. The molecule has 1 fully saturated rings. The van der Waals surface area contributed by atoms with Crippen molar-refractivity contribution in [2.24, 2.45) is 0 Å². The van der Waals surface area contributed by atoms with E-state index in [0.717, 1.165) is 18.7 Å². The minimum Gasteiger partial charge on any atom is -0.329 e. The number of benzene rings is 2. The van der Waals surface area contributed by atoms with E-state index in [0.29, 0.717) is 22.2 Å². The van der Waals surface area contributed by atoms with Crippen LogP contribution in [0.3, 0.4) is 0 Å². The predicted octanol–water partition coefficient (Wildman–Crippen LogP) is 4.12. The zero-order valence-corrected chi connectivity index (χ0v) is 14.4. The minimum absolute atomic E-state index is 0.0280. The summed E-state index contributed by atoms with van der Waals surface area (Å²) in [6.07, 6.45) is 0. The van der Waals surface area contributed by atoms with Crippen LogP contribution in [0.2, 0.25) is 10.0 Å². The monoisotopic (exact) mass is 348 g/mol. The molecule has 1 amide bonds. The van der Waals surface area contributed by atoms with Crippen LogP contribution in [0.15, 0.2) is 48.5 Å². The molecule has 3 nitrogen and oxygen atoms in total. The Kier molecular flexibility index (Phi) is 4.90. The number of carbonyl (C=O) groups excluding carboxylic acids is 1. The summed E-state index contributed by atoms with van der Waals surface area (Å²) in [7, 11) is 2.08. The van der Waals surface area contributed by atoms with Gasteiger partial charge < -0.3 is 9.80 Å². The van der Waals surface area contributed by atoms with Crippen LogP contribution in [0.5, 0.6) is 0 Å². The van der Waals surface area contributed by atoms with E-state index in [-0.39, 0.29) is 11.9 Å². The van der Waals surface area contributed by atoms with E-state index in [1.807, 2.05) is 23.1 Å². The van der Waals surface area contributed by atoms with Gasteiger partial charge in [-0.05, 0) is 30.8 Å². The number of rotatable bonds is 2. The number of halogens is 2. The van der Waals surface area contributed by atoms with Gasteiger partial charge in [0.25, 0.3) is 5.91 Å². The second-order valence-corrected chi connectivity index (χ2v) is 6.72. The average molecular weight is 349 g/mol. The molecule has 0 bridgehead atoms. The van der Waals surface area contributed by atoms with Gasteiger partial charge in [-0.25, -0.2) is 0 Å². The third-order valence-corrected chi connectivity index (χ3v) is 4.57. The fourth-order valence-electron chi connectivity index (χ4n) is 2.97. The SMILES string of the molecule is CN1CCN(C(=O)c2cc(Cl)cc(Cl)c2)[C@H](c2ccccc2)C1. The van der Waals surface area contributed by atoms with Crippen molar-refractivity contribution < 1.29 is 4.79 Å². The number of carbonyl (C=O) groups is 1. The second-order valence-electron chi connectivity index (χ2n) is 5.85. The van der Waals surface area contributed by atoms with Crippen molar-refractivity contribution in [2.75, 3.05) is 26.7 Å². The summed E-state index contributed by atoms with van der Waals surface area (Å²) < 4.78 is 0. The first-order valence-corrected chi connectivity index (χ1v) is 8.31. The van der Waals surface area contributed by atoms with Crippen LogP contribution in [0, 0.1) is 0 Å². The molecule has 0 N–H and O–H groups in total. The van der Waals surface area contributed by atoms with Crippen LogP contribution in [-0.4, -0.2) is 42.4 Å². The summed E-state index contributed by atoms with van der Waals surface area (Å²) in [4.78, 5) is 17.1. The number of amides is 1. The molecule has 1 saturated heterocycles. The van der Waals surface area contributed by atoms with Crippen LogP contribution in [-0.2, 0) is 0 Å². The van der Waals surface area contributed by atoms with Gasteiger partial charge in [-0.3, -0.25) is 4.79 Å². The highest BCUT2D eigenvalue weighted by molar-refractivity contribution is 6.35. The lowest BCUT2D eigenvalue weighted by atomic mass is 10.0. The molecule has 2 aromatic rings. The topological polar surface area (TPSA) is 23.6 Å². The van der Waals surface area contributed by atoms with Crippen molar-refractivity contribution >= 4 is 29.1 Å². The Morgan fingerprint density at radius 3 is 2.35 bits per heavy atom. The van der Waals surface area contributed by atoms with Crippen LogP contribution in [0.1, 0.15) is 22.0 Å². The molecular weight excluding hydrogens is 331 g/mol. The smallest absolute Gasteiger partial charge is 0.254 e. The predicted molar refractivity (Wildman–Crippen MR) is 94.2 cm³/mol. The van der Waals surface area contributed by atoms with E-state index in [9.17, 15) is 4.79 Å². The minimum atomic E-state index is -0.0312. The Balaban J connectivity index is 1.93. The van der Waals surface area contributed by atoms with E-state index in [4.69, 9.17) is 23.2 Å². The second kappa shape index (κ2) is 6.91. The van der Waals surface area contributed by atoms with Crippen molar-refractivity contribution in [3.8, 4) is 0 Å². The van der Waals surface area contributed by atoms with Gasteiger partial charge in [0.05, 0.1) is 6.04 Å². The van der Waals surface area contributed by atoms with Crippen molar-refractivity contribution in [1.82, 2.24) is 9.80 Å². The lowest BCUT2D eigenvalue weighted by Gasteiger charge is -2.40. The molecule has 0 aliphatic carbocycles. The largest absolute Gasteiger partial charge is 0.329 e. The summed E-state index contributed by atoms with van der Waals surface area (Å²) in [6, 6.07) is 15.1. The summed E-state index contributed by atoms with van der Waals surface area (Å²) in [6.45, 7) is 2.34. The Labute approximate surface area is 146 Å². The van der Waals surface area contributed by atoms with Gasteiger partial charge in [0.2, 0.25) is 0 Å². The van der Waals surface area contributed by atoms with Gasteiger partial charge in [0, 0.05) is 35.2 Å². The molecule has 3 rings (SSSR count). The van der Waals surface area contributed by atoms with Gasteiger partial charge in [-0.2, -0.15) is 0 Å². The third-order valence-electron chi connectivity index (χ3n) is 4.14. The first-order chi connectivity index (χ1) is 11.0. The van der Waals surface area contributed by atoms with E-state index in [1.165, 1.54) is 0 Å². The Morgan fingerprint density at radius 1 is 1.04 bits per heavy atom. The van der Waals surface area contributed by atoms with Gasteiger partial charge in [-0.15, -0.1) is 0 Å². The molecule has 1 aliphatic rings. The maximum atomic E-state index is 13.0. The Morgan fingerprint density at radius 2 is 1.70 bits per heavy atom. The molecule has 0 spiro atoms. The average Bonchev–Trinajstić information content (AvgIpc) is 2.54. The fraction of sp³-hybridized carbons (Fsp3) is 0.278. The molecule has 120 valence electrons. The molecule has 23 heavy (non-hydrogen) atoms. The van der Waals surface area contributed by atoms with Gasteiger partial charge in [0.1, 0.15) is 0 Å². The first kappa shape index (κ1) is 16.3. The normalized spacial score (nSPS) is 18.9. The van der Waals surface area contributed by atoms with Crippen LogP contribution >= 0.6 is 23.2 Å². The zero-order valence-electron chi connectivity index (χ0n) is 12.9. The Bertz CT molecular complexity index is 685. The highest BCUT2D eigenvalue weighted by atomic mass is 35.5. The Hall–Kier alpha value is -1.55. The lowest BCUT2D eigenvalue weighted by Crippen LogP contribution is -2.49. The molecule has 0 saturated carbocycles. The number of hydrogen-bond acceptors (Lipinski definition) is 2. The van der Waals surface area contributed by atoms with E-state index >= 15 is 0 Å². The number of nitrogens with zero attached hydrogens (tertiary/aromatic N) is 2. The van der Waals surface area contributed by atoms with Gasteiger partial charge in [-0.1, -0.05) is 53.5 Å². The fourth-order valence-corrected chi connectivity index (χ4v) is 3.49. The highest BCUT2D eigenvalue weighted by Crippen LogP contribution is 2.28. The molecule has 1 heterocycles. The maximum absolute atomic E-state index is 13.0. The number of piperazine rings is 1. The molecule has 2 aromatic carbocycles. The number of hydrogen-bond donors (Lipinski definition) is 0. The molecule has 0 radical (unpaired) electrons. The lowest BCUT2D eigenvalue weighted by molar-refractivity contribution is 0.0498. The molecular formula is C18H18Cl2N2O. The standard InChI is InChI=1S/C18H18Cl2N2O/c1-21-7-8-22(17(12-21)13-5-3-2-4-6-13)18(23)14-9-15(19)11-16(20)10-14/h2-6,9-11,17H,7-8,12H2,1H3/t17-/m0/s1. The van der Waals surface area contributed by atoms with Crippen molar-refractivity contribution in [1.29, 1.82) is 0 Å². The van der Waals surface area contributed by atoms with Crippen LogP contribution in [0.4, 0.5) is 0 Å². The van der Waals surface area contributed by atoms with Crippen molar-refractivity contribution in [3.05, 3.63) is 69.7 Å². The molecule has 5 heteroatoms. The molecule has 1 atom stereocenters. The van der Waals surface area contributed by atoms with Crippen LogP contribution < -0.4 is 0 Å². The zero-order chi connectivity index (χ0) is 16.4.